The molecule has 0 saturated carbocycles. The van der Waals surface area contributed by atoms with Gasteiger partial charge in [-0.3, -0.25) is 0 Å². The molecule has 0 aliphatic heterocycles. The molecule has 0 fully saturated rings. The summed E-state index contributed by atoms with van der Waals surface area (Å²) in [5.74, 6) is 0.494. The number of benzene rings is 3. The molecule has 0 unspecified atom stereocenters. The Morgan fingerprint density at radius 2 is 1.39 bits per heavy atom. The van der Waals surface area contributed by atoms with E-state index >= 15 is 0 Å². The minimum Gasteiger partial charge on any atom is -0.422 e. The van der Waals surface area contributed by atoms with E-state index in [1.54, 1.807) is 30.3 Å². The van der Waals surface area contributed by atoms with Gasteiger partial charge >= 0.3 is 5.63 Å². The quantitative estimate of drug-likeness (QED) is 0.282. The average molecular weight is 476 g/mol. The van der Waals surface area contributed by atoms with Gasteiger partial charge in [0.25, 0.3) is 0 Å². The van der Waals surface area contributed by atoms with Crippen molar-refractivity contribution in [3.63, 3.8) is 0 Å². The lowest BCUT2D eigenvalue weighted by Gasteiger charge is -2.09. The third kappa shape index (κ3) is 4.79. The summed E-state index contributed by atoms with van der Waals surface area (Å²) in [4.78, 5) is 25.1. The standard InChI is InChI=1S/C24H15Cl2N5O2/c25-16-7-10-17(11-8-16)27-23-29-22(26)30-24(31-23)28-18-9-6-15-12-19(14-4-2-1-3-5-14)21(32)33-20(15)13-18/h1-13H,(H2,27,28,29,30,31). The van der Waals surface area contributed by atoms with Crippen LogP contribution in [0.25, 0.3) is 22.1 Å². The van der Waals surface area contributed by atoms with Crippen LogP contribution in [0.5, 0.6) is 0 Å². The summed E-state index contributed by atoms with van der Waals surface area (Å²) >= 11 is 12.0. The van der Waals surface area contributed by atoms with E-state index in [9.17, 15) is 4.79 Å². The lowest BCUT2D eigenvalue weighted by molar-refractivity contribution is 0.563. The maximum absolute atomic E-state index is 12.5. The highest BCUT2D eigenvalue weighted by Crippen LogP contribution is 2.25. The number of rotatable bonds is 5. The Bertz CT molecular complexity index is 1510. The first kappa shape index (κ1) is 20.9. The van der Waals surface area contributed by atoms with Crippen LogP contribution in [0.4, 0.5) is 23.3 Å². The molecule has 0 bridgehead atoms. The summed E-state index contributed by atoms with van der Waals surface area (Å²) in [6.45, 7) is 0. The highest BCUT2D eigenvalue weighted by Gasteiger charge is 2.10. The lowest BCUT2D eigenvalue weighted by atomic mass is 10.1. The second-order valence-electron chi connectivity index (χ2n) is 7.07. The predicted octanol–water partition coefficient (Wildman–Crippen LogP) is 6.44. The first-order chi connectivity index (χ1) is 16.0. The molecule has 9 heteroatoms. The maximum atomic E-state index is 12.5. The molecule has 0 aliphatic carbocycles. The van der Waals surface area contributed by atoms with Crippen molar-refractivity contribution in [3.05, 3.63) is 99.6 Å². The third-order valence-corrected chi connectivity index (χ3v) is 5.21. The van der Waals surface area contributed by atoms with Crippen molar-refractivity contribution in [1.29, 1.82) is 0 Å². The van der Waals surface area contributed by atoms with E-state index in [0.717, 1.165) is 16.6 Å². The highest BCUT2D eigenvalue weighted by molar-refractivity contribution is 6.30. The zero-order valence-electron chi connectivity index (χ0n) is 16.9. The van der Waals surface area contributed by atoms with Crippen LogP contribution in [0, 0.1) is 0 Å². The summed E-state index contributed by atoms with van der Waals surface area (Å²) in [7, 11) is 0. The topological polar surface area (TPSA) is 92.9 Å². The van der Waals surface area contributed by atoms with Crippen molar-refractivity contribution < 1.29 is 4.42 Å². The molecule has 3 aromatic carbocycles. The predicted molar refractivity (Wildman–Crippen MR) is 131 cm³/mol. The Hall–Kier alpha value is -3.94. The van der Waals surface area contributed by atoms with Crippen LogP contribution in [0.3, 0.4) is 0 Å². The number of aromatic nitrogens is 3. The first-order valence-electron chi connectivity index (χ1n) is 9.88. The van der Waals surface area contributed by atoms with Crippen molar-refractivity contribution in [2.45, 2.75) is 0 Å². The van der Waals surface area contributed by atoms with E-state index < -0.39 is 5.63 Å². The zero-order chi connectivity index (χ0) is 22.8. The Morgan fingerprint density at radius 1 is 0.727 bits per heavy atom. The number of nitrogens with one attached hydrogen (secondary N) is 2. The molecular formula is C24H15Cl2N5O2. The summed E-state index contributed by atoms with van der Waals surface area (Å²) in [5, 5.41) is 7.55. The van der Waals surface area contributed by atoms with Gasteiger partial charge in [-0.25, -0.2) is 4.79 Å². The molecule has 5 rings (SSSR count). The van der Waals surface area contributed by atoms with Gasteiger partial charge in [-0.2, -0.15) is 15.0 Å². The van der Waals surface area contributed by atoms with Crippen molar-refractivity contribution >= 4 is 57.4 Å². The molecule has 0 spiro atoms. The number of hydrogen-bond acceptors (Lipinski definition) is 7. The number of anilines is 4. The van der Waals surface area contributed by atoms with Crippen LogP contribution in [-0.4, -0.2) is 15.0 Å². The largest absolute Gasteiger partial charge is 0.422 e. The van der Waals surface area contributed by atoms with Crippen LogP contribution in [-0.2, 0) is 0 Å². The number of halogens is 2. The molecule has 0 amide bonds. The van der Waals surface area contributed by atoms with Gasteiger partial charge in [0, 0.05) is 27.8 Å². The normalized spacial score (nSPS) is 10.8. The summed E-state index contributed by atoms with van der Waals surface area (Å²) in [6, 6.07) is 23.7. The van der Waals surface area contributed by atoms with Crippen LogP contribution >= 0.6 is 23.2 Å². The van der Waals surface area contributed by atoms with Gasteiger partial charge in [0.05, 0.1) is 5.56 Å². The fourth-order valence-corrected chi connectivity index (χ4v) is 3.55. The monoisotopic (exact) mass is 475 g/mol. The van der Waals surface area contributed by atoms with Crippen LogP contribution in [0.15, 0.2) is 88.1 Å². The molecule has 0 atom stereocenters. The Balaban J connectivity index is 1.42. The minimum atomic E-state index is -0.413. The van der Waals surface area contributed by atoms with Crippen molar-refractivity contribution in [2.24, 2.45) is 0 Å². The molecule has 2 heterocycles. The van der Waals surface area contributed by atoms with Crippen molar-refractivity contribution in [3.8, 4) is 11.1 Å². The second-order valence-corrected chi connectivity index (χ2v) is 7.85. The van der Waals surface area contributed by atoms with E-state index in [-0.39, 0.29) is 17.2 Å². The van der Waals surface area contributed by atoms with Crippen LogP contribution in [0.1, 0.15) is 0 Å². The molecule has 0 saturated heterocycles. The third-order valence-electron chi connectivity index (χ3n) is 4.79. The lowest BCUT2D eigenvalue weighted by Crippen LogP contribution is -2.05. The molecular weight excluding hydrogens is 461 g/mol. The molecule has 2 aromatic heterocycles. The van der Waals surface area contributed by atoms with Crippen LogP contribution in [0.2, 0.25) is 10.3 Å². The SMILES string of the molecule is O=c1oc2cc(Nc3nc(Cl)nc(Nc4ccc(Cl)cc4)n3)ccc2cc1-c1ccccc1. The van der Waals surface area contributed by atoms with Crippen molar-refractivity contribution in [1.82, 2.24) is 15.0 Å². The van der Waals surface area contributed by atoms with Crippen molar-refractivity contribution in [2.75, 3.05) is 10.6 Å². The summed E-state index contributed by atoms with van der Waals surface area (Å²) in [6.07, 6.45) is 0. The van der Waals surface area contributed by atoms with Gasteiger partial charge in [-0.15, -0.1) is 0 Å². The van der Waals surface area contributed by atoms with Gasteiger partial charge in [-0.1, -0.05) is 41.9 Å². The Kier molecular flexibility index (Phi) is 5.64. The molecule has 7 nitrogen and oxygen atoms in total. The maximum Gasteiger partial charge on any atom is 0.344 e. The van der Waals surface area contributed by atoms with Gasteiger partial charge in [0.2, 0.25) is 17.2 Å². The van der Waals surface area contributed by atoms with Crippen LogP contribution < -0.4 is 16.3 Å². The molecule has 2 N–H and O–H groups in total. The number of fused-ring (bicyclic) bond motifs is 1. The second kappa shape index (κ2) is 8.90. The van der Waals surface area contributed by atoms with E-state index in [1.165, 1.54) is 0 Å². The number of nitrogens with zero attached hydrogens (tertiary/aromatic N) is 3. The van der Waals surface area contributed by atoms with E-state index in [4.69, 9.17) is 27.6 Å². The van der Waals surface area contributed by atoms with Gasteiger partial charge < -0.3 is 15.1 Å². The fourth-order valence-electron chi connectivity index (χ4n) is 3.26. The number of hydrogen-bond donors (Lipinski definition) is 2. The van der Waals surface area contributed by atoms with E-state index in [0.29, 0.717) is 21.9 Å². The smallest absolute Gasteiger partial charge is 0.344 e. The Morgan fingerprint density at radius 3 is 2.12 bits per heavy atom. The van der Waals surface area contributed by atoms with Gasteiger partial charge in [-0.05, 0) is 59.6 Å². The molecule has 33 heavy (non-hydrogen) atoms. The zero-order valence-corrected chi connectivity index (χ0v) is 18.4. The minimum absolute atomic E-state index is 0.0174. The van der Waals surface area contributed by atoms with E-state index in [2.05, 4.69) is 25.6 Å². The fraction of sp³-hybridized carbons (Fsp3) is 0. The van der Waals surface area contributed by atoms with E-state index in [1.807, 2.05) is 48.5 Å². The summed E-state index contributed by atoms with van der Waals surface area (Å²) < 4.78 is 5.56. The molecule has 5 aromatic rings. The molecule has 162 valence electrons. The molecule has 0 aliphatic rings. The average Bonchev–Trinajstić information content (AvgIpc) is 2.80. The highest BCUT2D eigenvalue weighted by atomic mass is 35.5. The van der Waals surface area contributed by atoms with Gasteiger partial charge in [0.15, 0.2) is 0 Å². The molecule has 0 radical (unpaired) electrons. The van der Waals surface area contributed by atoms with Gasteiger partial charge in [0.1, 0.15) is 5.58 Å². The first-order valence-corrected chi connectivity index (χ1v) is 10.6. The summed E-state index contributed by atoms with van der Waals surface area (Å²) in [5.41, 5.74) is 2.70. The Labute approximate surface area is 198 Å².